The summed E-state index contributed by atoms with van der Waals surface area (Å²) in [5, 5.41) is 9.45. The molecule has 0 spiro atoms. The van der Waals surface area contributed by atoms with Crippen molar-refractivity contribution >= 4 is 0 Å². The van der Waals surface area contributed by atoms with Gasteiger partial charge < -0.3 is 10.8 Å². The van der Waals surface area contributed by atoms with Crippen LogP contribution in [0.2, 0.25) is 0 Å². The van der Waals surface area contributed by atoms with Crippen LogP contribution in [0.1, 0.15) is 23.7 Å². The highest BCUT2D eigenvalue weighted by Crippen LogP contribution is 2.24. The highest BCUT2D eigenvalue weighted by molar-refractivity contribution is 5.28. The number of halogens is 2. The second-order valence-electron chi connectivity index (χ2n) is 3.19. The van der Waals surface area contributed by atoms with Gasteiger partial charge >= 0.3 is 0 Å². The molecule has 1 atom stereocenters. The van der Waals surface area contributed by atoms with Crippen molar-refractivity contribution in [2.75, 3.05) is 6.54 Å². The normalized spacial score (nSPS) is 12.9. The van der Waals surface area contributed by atoms with Crippen LogP contribution in [0.4, 0.5) is 8.78 Å². The SMILES string of the molecule is Cc1ccc(F)c([C@H](O)CCN)c1F. The second-order valence-corrected chi connectivity index (χ2v) is 3.19. The number of aliphatic hydroxyl groups excluding tert-OH is 1. The van der Waals surface area contributed by atoms with Gasteiger partial charge in [-0.1, -0.05) is 6.07 Å². The van der Waals surface area contributed by atoms with Crippen LogP contribution in [-0.4, -0.2) is 11.7 Å². The van der Waals surface area contributed by atoms with Gasteiger partial charge in [-0.3, -0.25) is 0 Å². The van der Waals surface area contributed by atoms with Gasteiger partial charge in [-0.25, -0.2) is 8.78 Å². The molecule has 78 valence electrons. The Bertz CT molecular complexity index is 328. The summed E-state index contributed by atoms with van der Waals surface area (Å²) < 4.78 is 26.6. The van der Waals surface area contributed by atoms with Crippen LogP contribution in [0.15, 0.2) is 12.1 Å². The molecule has 1 rings (SSSR count). The van der Waals surface area contributed by atoms with E-state index >= 15 is 0 Å². The predicted octanol–water partition coefficient (Wildman–Crippen LogP) is 1.66. The summed E-state index contributed by atoms with van der Waals surface area (Å²) in [5.74, 6) is -1.42. The molecule has 1 aromatic carbocycles. The minimum atomic E-state index is -1.17. The molecule has 0 unspecified atom stereocenters. The molecule has 2 nitrogen and oxygen atoms in total. The molecule has 0 fully saturated rings. The Balaban J connectivity index is 3.11. The molecular weight excluding hydrogens is 188 g/mol. The third-order valence-electron chi connectivity index (χ3n) is 2.09. The van der Waals surface area contributed by atoms with Crippen LogP contribution in [-0.2, 0) is 0 Å². The Morgan fingerprint density at radius 2 is 2.07 bits per heavy atom. The van der Waals surface area contributed by atoms with Crippen LogP contribution in [0.5, 0.6) is 0 Å². The van der Waals surface area contributed by atoms with E-state index in [0.29, 0.717) is 5.56 Å². The molecule has 0 heterocycles. The van der Waals surface area contributed by atoms with Crippen LogP contribution in [0.25, 0.3) is 0 Å². The molecule has 14 heavy (non-hydrogen) atoms. The van der Waals surface area contributed by atoms with E-state index in [9.17, 15) is 13.9 Å². The fraction of sp³-hybridized carbons (Fsp3) is 0.400. The number of hydrogen-bond acceptors (Lipinski definition) is 2. The molecule has 0 aliphatic heterocycles. The van der Waals surface area contributed by atoms with Gasteiger partial charge in [-0.2, -0.15) is 0 Å². The average molecular weight is 201 g/mol. The Morgan fingerprint density at radius 3 is 2.64 bits per heavy atom. The Morgan fingerprint density at radius 1 is 1.43 bits per heavy atom. The van der Waals surface area contributed by atoms with Crippen molar-refractivity contribution < 1.29 is 13.9 Å². The lowest BCUT2D eigenvalue weighted by atomic mass is 10.0. The lowest BCUT2D eigenvalue weighted by Gasteiger charge is -2.12. The maximum Gasteiger partial charge on any atom is 0.134 e. The van der Waals surface area contributed by atoms with Crippen molar-refractivity contribution in [3.8, 4) is 0 Å². The molecule has 4 heteroatoms. The van der Waals surface area contributed by atoms with Crippen LogP contribution >= 0.6 is 0 Å². The first-order valence-electron chi connectivity index (χ1n) is 4.40. The van der Waals surface area contributed by atoms with E-state index in [-0.39, 0.29) is 18.5 Å². The van der Waals surface area contributed by atoms with Gasteiger partial charge in [0.05, 0.1) is 11.7 Å². The van der Waals surface area contributed by atoms with Crippen molar-refractivity contribution in [3.63, 3.8) is 0 Å². The first kappa shape index (κ1) is 11.1. The monoisotopic (exact) mass is 201 g/mol. The molecule has 0 bridgehead atoms. The molecule has 0 aliphatic rings. The highest BCUT2D eigenvalue weighted by Gasteiger charge is 2.18. The van der Waals surface area contributed by atoms with Gasteiger partial charge in [0.15, 0.2) is 0 Å². The molecule has 0 amide bonds. The first-order chi connectivity index (χ1) is 6.57. The molecule has 0 aliphatic carbocycles. The van der Waals surface area contributed by atoms with Crippen LogP contribution < -0.4 is 5.73 Å². The lowest BCUT2D eigenvalue weighted by Crippen LogP contribution is -2.10. The van der Waals surface area contributed by atoms with E-state index in [1.807, 2.05) is 0 Å². The molecule has 0 aromatic heterocycles. The minimum absolute atomic E-state index is 0.150. The van der Waals surface area contributed by atoms with Gasteiger partial charge in [-0.05, 0) is 31.5 Å². The number of hydrogen-bond donors (Lipinski definition) is 2. The molecule has 0 saturated carbocycles. The van der Waals surface area contributed by atoms with Crippen LogP contribution in [0, 0.1) is 18.6 Å². The number of nitrogens with two attached hydrogens (primary N) is 1. The summed E-state index contributed by atoms with van der Waals surface area (Å²) in [5.41, 5.74) is 5.24. The molecule has 0 radical (unpaired) electrons. The maximum atomic E-state index is 13.4. The van der Waals surface area contributed by atoms with Crippen molar-refractivity contribution in [2.45, 2.75) is 19.4 Å². The second kappa shape index (κ2) is 4.48. The summed E-state index contributed by atoms with van der Waals surface area (Å²) >= 11 is 0. The summed E-state index contributed by atoms with van der Waals surface area (Å²) in [7, 11) is 0. The van der Waals surface area contributed by atoms with Crippen molar-refractivity contribution in [3.05, 3.63) is 34.9 Å². The van der Waals surface area contributed by atoms with E-state index < -0.39 is 17.7 Å². The lowest BCUT2D eigenvalue weighted by molar-refractivity contribution is 0.160. The highest BCUT2D eigenvalue weighted by atomic mass is 19.1. The molecule has 0 saturated heterocycles. The van der Waals surface area contributed by atoms with E-state index in [1.54, 1.807) is 0 Å². The maximum absolute atomic E-state index is 13.4. The molecule has 1 aromatic rings. The number of aliphatic hydroxyl groups is 1. The smallest absolute Gasteiger partial charge is 0.134 e. The van der Waals surface area contributed by atoms with Gasteiger partial charge in [0.2, 0.25) is 0 Å². The Kier molecular flexibility index (Phi) is 3.55. The third kappa shape index (κ3) is 2.08. The average Bonchev–Trinajstić information content (AvgIpc) is 2.13. The Labute approximate surface area is 81.4 Å². The zero-order valence-electron chi connectivity index (χ0n) is 7.93. The zero-order chi connectivity index (χ0) is 10.7. The van der Waals surface area contributed by atoms with Gasteiger partial charge in [0.25, 0.3) is 0 Å². The van der Waals surface area contributed by atoms with Gasteiger partial charge in [-0.15, -0.1) is 0 Å². The Hall–Kier alpha value is -1.00. The van der Waals surface area contributed by atoms with Crippen molar-refractivity contribution in [1.82, 2.24) is 0 Å². The van der Waals surface area contributed by atoms with Gasteiger partial charge in [0.1, 0.15) is 11.6 Å². The fourth-order valence-electron chi connectivity index (χ4n) is 1.29. The van der Waals surface area contributed by atoms with Gasteiger partial charge in [0, 0.05) is 0 Å². The number of benzene rings is 1. The summed E-state index contributed by atoms with van der Waals surface area (Å²) in [6.45, 7) is 1.71. The van der Waals surface area contributed by atoms with E-state index in [0.717, 1.165) is 6.07 Å². The number of rotatable bonds is 3. The summed E-state index contributed by atoms with van der Waals surface area (Å²) in [6, 6.07) is 2.48. The summed E-state index contributed by atoms with van der Waals surface area (Å²) in [6.07, 6.45) is -1.02. The van der Waals surface area contributed by atoms with E-state index in [1.165, 1.54) is 13.0 Å². The zero-order valence-corrected chi connectivity index (χ0v) is 7.93. The largest absolute Gasteiger partial charge is 0.388 e. The van der Waals surface area contributed by atoms with E-state index in [2.05, 4.69) is 0 Å². The standard InChI is InChI=1S/C10H13F2NO/c1-6-2-3-7(11)9(10(6)12)8(14)4-5-13/h2-3,8,14H,4-5,13H2,1H3/t8-/m1/s1. The molecule has 3 N–H and O–H groups in total. The first-order valence-corrected chi connectivity index (χ1v) is 4.40. The van der Waals surface area contributed by atoms with E-state index in [4.69, 9.17) is 5.73 Å². The molecular formula is C10H13F2NO. The predicted molar refractivity (Wildman–Crippen MR) is 49.7 cm³/mol. The summed E-state index contributed by atoms with van der Waals surface area (Å²) in [4.78, 5) is 0. The van der Waals surface area contributed by atoms with Crippen LogP contribution in [0.3, 0.4) is 0 Å². The minimum Gasteiger partial charge on any atom is -0.388 e. The van der Waals surface area contributed by atoms with Crippen molar-refractivity contribution in [2.24, 2.45) is 5.73 Å². The number of aryl methyl sites for hydroxylation is 1. The topological polar surface area (TPSA) is 46.2 Å². The fourth-order valence-corrected chi connectivity index (χ4v) is 1.29. The quantitative estimate of drug-likeness (QED) is 0.781. The van der Waals surface area contributed by atoms with Crippen molar-refractivity contribution in [1.29, 1.82) is 0 Å². The third-order valence-corrected chi connectivity index (χ3v) is 2.09.